The van der Waals surface area contributed by atoms with Gasteiger partial charge in [-0.25, -0.2) is 0 Å². The second kappa shape index (κ2) is 26.1. The number of hydrogen-bond donors (Lipinski definition) is 4. The van der Waals surface area contributed by atoms with Crippen LogP contribution in [0.3, 0.4) is 0 Å². The molecular formula is C53H52BN7O11. The molecule has 4 aromatic carbocycles. The Balaban J connectivity index is 0.00000118. The van der Waals surface area contributed by atoms with E-state index >= 15 is 0 Å². The summed E-state index contributed by atoms with van der Waals surface area (Å²) in [6.07, 6.45) is 4.95. The van der Waals surface area contributed by atoms with Crippen molar-refractivity contribution in [2.75, 3.05) is 62.9 Å². The normalized spacial score (nSPS) is 14.8. The van der Waals surface area contributed by atoms with Crippen LogP contribution in [0.5, 0.6) is 0 Å². The van der Waals surface area contributed by atoms with Crippen LogP contribution < -0.4 is 26.2 Å². The number of anilines is 2. The van der Waals surface area contributed by atoms with Crippen LogP contribution in [0.4, 0.5) is 11.4 Å². The summed E-state index contributed by atoms with van der Waals surface area (Å²) < 4.78 is 22.2. The number of nitrogens with zero attached hydrogens (tertiary/aromatic N) is 3. The number of piperidine rings is 1. The lowest BCUT2D eigenvalue weighted by atomic mass is 9.91. The molecule has 1 saturated heterocycles. The van der Waals surface area contributed by atoms with Crippen LogP contribution in [0, 0.1) is 0 Å². The second-order valence-corrected chi connectivity index (χ2v) is 16.1. The van der Waals surface area contributed by atoms with Crippen LogP contribution in [0.25, 0.3) is 11.1 Å². The first-order chi connectivity index (χ1) is 35.1. The maximum Gasteiger partial charge on any atom is 0.293 e. The predicted molar refractivity (Wildman–Crippen MR) is 266 cm³/mol. The number of carbonyl (C=O) groups excluding carboxylic acids is 7. The molecule has 4 N–H and O–H groups in total. The standard InChI is InChI=1S/C48H47BN6O11.C5H5N/c49-42(54(47(61)38-15-8-24-66-38)34-18-16-32(17-19-34)31-9-3-1-4-10-31)45(59)53-41(33-11-5-2-6-12-33)44(58)51-23-26-64-28-30-65-29-27-63-25-22-50-36-14-7-13-35-40(36)48(62)55(46(35)60)37-20-21-39(56)52-43(37)57;1-2-4-6-5-3-1/h1-19,24,37,41-42,50H,20-23,25-30H2,(H,51,58)(H,53,59)(H,52,56,57);1-5H. The molecule has 368 valence electrons. The van der Waals surface area contributed by atoms with Crippen molar-refractivity contribution in [3.63, 3.8) is 0 Å². The van der Waals surface area contributed by atoms with Crippen molar-refractivity contribution < 1.29 is 52.2 Å². The molecule has 4 heterocycles. The molecule has 19 heteroatoms. The minimum absolute atomic E-state index is 0.0253. The number of aromatic nitrogens is 1. The summed E-state index contributed by atoms with van der Waals surface area (Å²) in [6.45, 7) is 1.90. The fourth-order valence-electron chi connectivity index (χ4n) is 7.78. The number of hydrogen-bond acceptors (Lipinski definition) is 13. The Labute approximate surface area is 416 Å². The van der Waals surface area contributed by atoms with Gasteiger partial charge >= 0.3 is 0 Å². The number of ether oxygens (including phenoxy) is 3. The number of furan rings is 1. The summed E-state index contributed by atoms with van der Waals surface area (Å²) in [5, 5.41) is 10.8. The first kappa shape index (κ1) is 51.6. The topological polar surface area (TPSA) is 228 Å². The highest BCUT2D eigenvalue weighted by molar-refractivity contribution is 6.30. The molecule has 2 radical (unpaired) electrons. The zero-order chi connectivity index (χ0) is 50.7. The SMILES string of the molecule is [B]C(C(=O)NC(C(=O)NCCOCCOCCOCCNc1cccc2c1C(=O)N(C1CCC(=O)NC1=O)C2=O)c1ccccc1)N(C(=O)c1ccco1)c1ccc(-c2ccccc2)cc1.c1ccncc1. The van der Waals surface area contributed by atoms with Crippen LogP contribution in [0.15, 0.2) is 157 Å². The monoisotopic (exact) mass is 973 g/mol. The lowest BCUT2D eigenvalue weighted by Gasteiger charge is -2.30. The highest BCUT2D eigenvalue weighted by Crippen LogP contribution is 2.32. The Kier molecular flexibility index (Phi) is 18.7. The summed E-state index contributed by atoms with van der Waals surface area (Å²) in [6, 6.07) is 36.7. The van der Waals surface area contributed by atoms with Gasteiger partial charge < -0.3 is 39.5 Å². The molecule has 2 aliphatic rings. The molecule has 3 unspecified atom stereocenters. The largest absolute Gasteiger partial charge is 0.459 e. The van der Waals surface area contributed by atoms with Crippen LogP contribution >= 0.6 is 0 Å². The van der Waals surface area contributed by atoms with E-state index in [9.17, 15) is 33.6 Å². The third-order valence-corrected chi connectivity index (χ3v) is 11.3. The zero-order valence-corrected chi connectivity index (χ0v) is 39.1. The van der Waals surface area contributed by atoms with Gasteiger partial charge in [0, 0.05) is 43.3 Å². The summed E-state index contributed by atoms with van der Waals surface area (Å²) in [4.78, 5) is 97.2. The van der Waals surface area contributed by atoms with Gasteiger partial charge in [-0.3, -0.25) is 48.8 Å². The molecular weight excluding hydrogens is 921 g/mol. The molecule has 0 spiro atoms. The molecule has 0 aliphatic carbocycles. The van der Waals surface area contributed by atoms with Crippen molar-refractivity contribution in [1.82, 2.24) is 25.8 Å². The Bertz CT molecular complexity index is 2740. The van der Waals surface area contributed by atoms with Crippen LogP contribution in [0.2, 0.25) is 0 Å². The lowest BCUT2D eigenvalue weighted by Crippen LogP contribution is -2.54. The number of rotatable bonds is 22. The number of pyridine rings is 1. The highest BCUT2D eigenvalue weighted by atomic mass is 16.5. The van der Waals surface area contributed by atoms with E-state index in [0.29, 0.717) is 23.5 Å². The first-order valence-corrected chi connectivity index (χ1v) is 23.2. The first-order valence-electron chi connectivity index (χ1n) is 23.2. The van der Waals surface area contributed by atoms with E-state index in [1.54, 1.807) is 73.1 Å². The molecule has 8 rings (SSSR count). The Morgan fingerprint density at radius 1 is 0.708 bits per heavy atom. The maximum atomic E-state index is 13.8. The average Bonchev–Trinajstić information content (AvgIpc) is 4.05. The van der Waals surface area contributed by atoms with Crippen LogP contribution in [-0.2, 0) is 33.4 Å². The smallest absolute Gasteiger partial charge is 0.293 e. The highest BCUT2D eigenvalue weighted by Gasteiger charge is 2.45. The molecule has 1 fully saturated rings. The van der Waals surface area contributed by atoms with Gasteiger partial charge in [-0.1, -0.05) is 84.9 Å². The average molecular weight is 974 g/mol. The minimum atomic E-state index is -1.55. The van der Waals surface area contributed by atoms with E-state index < -0.39 is 59.4 Å². The Morgan fingerprint density at radius 3 is 1.97 bits per heavy atom. The number of benzene rings is 4. The second-order valence-electron chi connectivity index (χ2n) is 16.1. The van der Waals surface area contributed by atoms with Gasteiger partial charge in [0.2, 0.25) is 23.6 Å². The molecule has 2 aliphatic heterocycles. The van der Waals surface area contributed by atoms with Crippen molar-refractivity contribution in [2.45, 2.75) is 30.9 Å². The van der Waals surface area contributed by atoms with E-state index in [0.717, 1.165) is 20.9 Å². The van der Waals surface area contributed by atoms with E-state index in [1.807, 2.05) is 60.7 Å². The van der Waals surface area contributed by atoms with Crippen molar-refractivity contribution >= 4 is 60.6 Å². The lowest BCUT2D eigenvalue weighted by molar-refractivity contribution is -0.136. The number of carbonyl (C=O) groups is 7. The van der Waals surface area contributed by atoms with Crippen molar-refractivity contribution in [2.24, 2.45) is 0 Å². The minimum Gasteiger partial charge on any atom is -0.459 e. The Morgan fingerprint density at radius 2 is 1.35 bits per heavy atom. The summed E-state index contributed by atoms with van der Waals surface area (Å²) in [5.74, 6) is -5.81. The van der Waals surface area contributed by atoms with Crippen molar-refractivity contribution in [1.29, 1.82) is 0 Å². The van der Waals surface area contributed by atoms with Gasteiger partial charge in [0.05, 0.1) is 63.0 Å². The maximum absolute atomic E-state index is 13.8. The van der Waals surface area contributed by atoms with E-state index in [1.165, 1.54) is 18.4 Å². The predicted octanol–water partition coefficient (Wildman–Crippen LogP) is 4.71. The van der Waals surface area contributed by atoms with Crippen molar-refractivity contribution in [3.8, 4) is 11.1 Å². The van der Waals surface area contributed by atoms with E-state index in [-0.39, 0.29) is 75.9 Å². The third-order valence-electron chi connectivity index (χ3n) is 11.3. The summed E-state index contributed by atoms with van der Waals surface area (Å²) in [5.41, 5.74) is 3.48. The molecule has 18 nitrogen and oxygen atoms in total. The van der Waals surface area contributed by atoms with Crippen molar-refractivity contribution in [3.05, 3.63) is 175 Å². The van der Waals surface area contributed by atoms with Gasteiger partial charge in [-0.15, -0.1) is 0 Å². The van der Waals surface area contributed by atoms with Gasteiger partial charge in [-0.2, -0.15) is 0 Å². The number of imide groups is 2. The fourth-order valence-corrected chi connectivity index (χ4v) is 7.78. The van der Waals surface area contributed by atoms with Gasteiger partial charge in [-0.05, 0) is 71.6 Å². The van der Waals surface area contributed by atoms with E-state index in [2.05, 4.69) is 26.3 Å². The Hall–Kier alpha value is -8.26. The molecule has 0 bridgehead atoms. The summed E-state index contributed by atoms with van der Waals surface area (Å²) >= 11 is 0. The molecule has 6 aromatic rings. The molecule has 2 aromatic heterocycles. The number of nitrogens with one attached hydrogen (secondary N) is 4. The van der Waals surface area contributed by atoms with E-state index in [4.69, 9.17) is 26.5 Å². The van der Waals surface area contributed by atoms with Gasteiger partial charge in [0.1, 0.15) is 19.9 Å². The van der Waals surface area contributed by atoms with Crippen LogP contribution in [-0.4, -0.2) is 124 Å². The fraction of sp³-hybridized carbons (Fsp3) is 0.245. The molecule has 0 saturated carbocycles. The molecule has 72 heavy (non-hydrogen) atoms. The quantitative estimate of drug-likeness (QED) is 0.0412. The van der Waals surface area contributed by atoms with Gasteiger partial charge in [0.15, 0.2) is 5.76 Å². The van der Waals surface area contributed by atoms with Crippen LogP contribution in [0.1, 0.15) is 55.7 Å². The third kappa shape index (κ3) is 13.5. The summed E-state index contributed by atoms with van der Waals surface area (Å²) in [7, 11) is 6.51. The number of amides is 7. The number of fused-ring (bicyclic) bond motifs is 1. The molecule has 3 atom stereocenters. The van der Waals surface area contributed by atoms with Gasteiger partial charge in [0.25, 0.3) is 17.7 Å². The zero-order valence-electron chi connectivity index (χ0n) is 39.1. The molecule has 7 amide bonds.